The lowest BCUT2D eigenvalue weighted by Crippen LogP contribution is -2.49. The first kappa shape index (κ1) is 14.1. The first-order chi connectivity index (χ1) is 9.69. The number of nitrogens with one attached hydrogen (secondary N) is 1. The van der Waals surface area contributed by atoms with E-state index in [9.17, 15) is 0 Å². The van der Waals surface area contributed by atoms with E-state index in [-0.39, 0.29) is 0 Å². The van der Waals surface area contributed by atoms with Crippen LogP contribution in [0.15, 0.2) is 18.2 Å². The first-order valence-corrected chi connectivity index (χ1v) is 8.21. The van der Waals surface area contributed by atoms with Gasteiger partial charge in [-0.2, -0.15) is 0 Å². The number of hydrogen-bond acceptors (Lipinski definition) is 2. The van der Waals surface area contributed by atoms with Gasteiger partial charge in [-0.05, 0) is 62.9 Å². The molecule has 0 aromatic heterocycles. The van der Waals surface area contributed by atoms with Crippen LogP contribution in [0, 0.1) is 13.8 Å². The molecule has 1 saturated carbocycles. The maximum atomic E-state index is 3.86. The molecule has 20 heavy (non-hydrogen) atoms. The Morgan fingerprint density at radius 1 is 1.10 bits per heavy atom. The minimum Gasteiger partial charge on any atom is -0.310 e. The van der Waals surface area contributed by atoms with Gasteiger partial charge in [-0.25, -0.2) is 0 Å². The summed E-state index contributed by atoms with van der Waals surface area (Å²) in [7, 11) is 0. The third kappa shape index (κ3) is 2.91. The van der Waals surface area contributed by atoms with Crippen LogP contribution in [0.4, 0.5) is 0 Å². The lowest BCUT2D eigenvalue weighted by atomic mass is 9.96. The molecule has 0 bridgehead atoms. The smallest absolute Gasteiger partial charge is 0.0308 e. The lowest BCUT2D eigenvalue weighted by molar-refractivity contribution is 0.203. The highest BCUT2D eigenvalue weighted by molar-refractivity contribution is 5.33. The molecule has 1 aliphatic heterocycles. The number of benzene rings is 1. The van der Waals surface area contributed by atoms with Crippen LogP contribution >= 0.6 is 0 Å². The normalized spacial score (nSPS) is 23.1. The molecule has 1 heterocycles. The second-order valence-electron chi connectivity index (χ2n) is 6.85. The monoisotopic (exact) mass is 272 g/mol. The van der Waals surface area contributed by atoms with E-state index < -0.39 is 0 Å². The summed E-state index contributed by atoms with van der Waals surface area (Å²) in [6.07, 6.45) is 6.84. The van der Waals surface area contributed by atoms with Gasteiger partial charge in [0.1, 0.15) is 0 Å². The van der Waals surface area contributed by atoms with Crippen LogP contribution in [0.25, 0.3) is 0 Å². The van der Waals surface area contributed by atoms with Gasteiger partial charge in [0.2, 0.25) is 0 Å². The predicted octanol–water partition coefficient (Wildman–Crippen LogP) is 3.41. The molecule has 110 valence electrons. The summed E-state index contributed by atoms with van der Waals surface area (Å²) in [6.45, 7) is 9.31. The zero-order valence-electron chi connectivity index (χ0n) is 13.0. The van der Waals surface area contributed by atoms with Gasteiger partial charge in [0, 0.05) is 18.6 Å². The Labute approximate surface area is 123 Å². The minimum atomic E-state index is 0.424. The molecule has 1 aromatic carbocycles. The van der Waals surface area contributed by atoms with Crippen LogP contribution in [-0.4, -0.2) is 30.1 Å². The average Bonchev–Trinajstić information content (AvgIpc) is 2.77. The summed E-state index contributed by atoms with van der Waals surface area (Å²) in [4.78, 5) is 2.70. The van der Waals surface area contributed by atoms with Crippen LogP contribution in [0.2, 0.25) is 0 Å². The van der Waals surface area contributed by atoms with Crippen molar-refractivity contribution in [3.05, 3.63) is 34.9 Å². The van der Waals surface area contributed by atoms with Crippen molar-refractivity contribution in [2.75, 3.05) is 19.6 Å². The summed E-state index contributed by atoms with van der Waals surface area (Å²) >= 11 is 0. The molecule has 3 rings (SSSR count). The van der Waals surface area contributed by atoms with Crippen molar-refractivity contribution in [1.29, 1.82) is 0 Å². The fourth-order valence-corrected chi connectivity index (χ4v) is 4.06. The molecule has 1 spiro atoms. The SMILES string of the molecule is Cc1cccc(C)c1CN1CCCNC2(CCCC2)C1. The molecule has 2 aliphatic rings. The molecule has 2 heteroatoms. The van der Waals surface area contributed by atoms with Crippen LogP contribution in [0.3, 0.4) is 0 Å². The van der Waals surface area contributed by atoms with Crippen molar-refractivity contribution in [1.82, 2.24) is 10.2 Å². The van der Waals surface area contributed by atoms with Crippen LogP contribution in [0.1, 0.15) is 48.8 Å². The number of rotatable bonds is 2. The maximum absolute atomic E-state index is 3.86. The average molecular weight is 272 g/mol. The van der Waals surface area contributed by atoms with E-state index in [1.807, 2.05) is 0 Å². The molecular weight excluding hydrogens is 244 g/mol. The Morgan fingerprint density at radius 3 is 2.50 bits per heavy atom. The third-order valence-electron chi connectivity index (χ3n) is 5.26. The van der Waals surface area contributed by atoms with Gasteiger partial charge in [0.15, 0.2) is 0 Å². The number of aryl methyl sites for hydroxylation is 2. The summed E-state index contributed by atoms with van der Waals surface area (Å²) in [5.74, 6) is 0. The van der Waals surface area contributed by atoms with Gasteiger partial charge >= 0.3 is 0 Å². The van der Waals surface area contributed by atoms with Crippen molar-refractivity contribution < 1.29 is 0 Å². The second-order valence-corrected chi connectivity index (χ2v) is 6.85. The highest BCUT2D eigenvalue weighted by Crippen LogP contribution is 2.32. The molecule has 1 N–H and O–H groups in total. The summed E-state index contributed by atoms with van der Waals surface area (Å²) in [6, 6.07) is 6.68. The van der Waals surface area contributed by atoms with E-state index in [0.717, 1.165) is 6.54 Å². The largest absolute Gasteiger partial charge is 0.310 e. The van der Waals surface area contributed by atoms with E-state index >= 15 is 0 Å². The summed E-state index contributed by atoms with van der Waals surface area (Å²) in [5.41, 5.74) is 4.86. The fourth-order valence-electron chi connectivity index (χ4n) is 4.06. The topological polar surface area (TPSA) is 15.3 Å². The van der Waals surface area contributed by atoms with Crippen molar-refractivity contribution in [3.63, 3.8) is 0 Å². The summed E-state index contributed by atoms with van der Waals surface area (Å²) in [5, 5.41) is 3.86. The summed E-state index contributed by atoms with van der Waals surface area (Å²) < 4.78 is 0. The van der Waals surface area contributed by atoms with Crippen molar-refractivity contribution in [3.8, 4) is 0 Å². The van der Waals surface area contributed by atoms with Crippen molar-refractivity contribution in [2.45, 2.75) is 58.0 Å². The Kier molecular flexibility index (Phi) is 4.13. The highest BCUT2D eigenvalue weighted by atomic mass is 15.2. The highest BCUT2D eigenvalue weighted by Gasteiger charge is 2.36. The predicted molar refractivity (Wildman–Crippen MR) is 85.0 cm³/mol. The Balaban J connectivity index is 1.75. The maximum Gasteiger partial charge on any atom is 0.0308 e. The Hall–Kier alpha value is -0.860. The Morgan fingerprint density at radius 2 is 1.80 bits per heavy atom. The van der Waals surface area contributed by atoms with Gasteiger partial charge in [-0.3, -0.25) is 4.90 Å². The molecule has 0 radical (unpaired) electrons. The molecule has 1 saturated heterocycles. The van der Waals surface area contributed by atoms with Gasteiger partial charge in [0.25, 0.3) is 0 Å². The standard InChI is InChI=1S/C18H28N2/c1-15-7-5-8-16(2)17(15)13-20-12-6-11-19-18(14-20)9-3-4-10-18/h5,7-8,19H,3-4,6,9-14H2,1-2H3. The molecule has 0 amide bonds. The Bertz CT molecular complexity index is 440. The van der Waals surface area contributed by atoms with E-state index in [4.69, 9.17) is 0 Å². The third-order valence-corrected chi connectivity index (χ3v) is 5.26. The van der Waals surface area contributed by atoms with Gasteiger partial charge in [-0.1, -0.05) is 31.0 Å². The van der Waals surface area contributed by atoms with E-state index in [0.29, 0.717) is 5.54 Å². The van der Waals surface area contributed by atoms with Gasteiger partial charge < -0.3 is 5.32 Å². The zero-order chi connectivity index (χ0) is 14.0. The first-order valence-electron chi connectivity index (χ1n) is 8.21. The second kappa shape index (κ2) is 5.87. The molecule has 0 unspecified atom stereocenters. The molecule has 1 aliphatic carbocycles. The lowest BCUT2D eigenvalue weighted by Gasteiger charge is -2.33. The zero-order valence-corrected chi connectivity index (χ0v) is 13.0. The molecule has 2 nitrogen and oxygen atoms in total. The van der Waals surface area contributed by atoms with Crippen molar-refractivity contribution >= 4 is 0 Å². The van der Waals surface area contributed by atoms with Gasteiger partial charge in [0.05, 0.1) is 0 Å². The number of nitrogens with zero attached hydrogens (tertiary/aromatic N) is 1. The molecule has 0 atom stereocenters. The fraction of sp³-hybridized carbons (Fsp3) is 0.667. The van der Waals surface area contributed by atoms with E-state index in [2.05, 4.69) is 42.3 Å². The van der Waals surface area contributed by atoms with Gasteiger partial charge in [-0.15, -0.1) is 0 Å². The van der Waals surface area contributed by atoms with Crippen molar-refractivity contribution in [2.24, 2.45) is 0 Å². The minimum absolute atomic E-state index is 0.424. The van der Waals surface area contributed by atoms with E-state index in [1.54, 1.807) is 5.56 Å². The van der Waals surface area contributed by atoms with E-state index in [1.165, 1.54) is 62.9 Å². The van der Waals surface area contributed by atoms with Crippen LogP contribution in [0.5, 0.6) is 0 Å². The molecule has 2 fully saturated rings. The molecule has 1 aromatic rings. The molecular formula is C18H28N2. The quantitative estimate of drug-likeness (QED) is 0.887. The van der Waals surface area contributed by atoms with Crippen LogP contribution in [-0.2, 0) is 6.54 Å². The van der Waals surface area contributed by atoms with Crippen LogP contribution < -0.4 is 5.32 Å². The number of hydrogen-bond donors (Lipinski definition) is 1.